The summed E-state index contributed by atoms with van der Waals surface area (Å²) >= 11 is 3.38. The van der Waals surface area contributed by atoms with Gasteiger partial charge in [0.1, 0.15) is 11.8 Å². The molecule has 1 aliphatic heterocycles. The number of carbonyl (C=O) groups excluding carboxylic acids is 1. The molecule has 0 spiro atoms. The van der Waals surface area contributed by atoms with Gasteiger partial charge in [0.2, 0.25) is 0 Å². The van der Waals surface area contributed by atoms with E-state index < -0.39 is 0 Å². The molecule has 0 amide bonds. The highest BCUT2D eigenvalue weighted by molar-refractivity contribution is 7.99. The van der Waals surface area contributed by atoms with E-state index in [2.05, 4.69) is 5.32 Å². The second-order valence-electron chi connectivity index (χ2n) is 3.37. The first-order chi connectivity index (χ1) is 7.79. The number of hydrogen-bond donors (Lipinski definition) is 1. The van der Waals surface area contributed by atoms with Crippen LogP contribution in [0.4, 0.5) is 0 Å². The SMILES string of the molecule is CSc1ccc(OC(=O)[C@@H]2CSCN2)cc1. The highest BCUT2D eigenvalue weighted by Crippen LogP contribution is 2.20. The van der Waals surface area contributed by atoms with Gasteiger partial charge in [0.05, 0.1) is 0 Å². The Bertz CT molecular complexity index is 361. The molecule has 1 fully saturated rings. The van der Waals surface area contributed by atoms with Gasteiger partial charge in [-0.05, 0) is 30.5 Å². The van der Waals surface area contributed by atoms with Crippen molar-refractivity contribution in [2.75, 3.05) is 17.9 Å². The van der Waals surface area contributed by atoms with Crippen LogP contribution in [-0.2, 0) is 4.79 Å². The van der Waals surface area contributed by atoms with Crippen LogP contribution in [0.2, 0.25) is 0 Å². The number of rotatable bonds is 3. The van der Waals surface area contributed by atoms with Crippen LogP contribution < -0.4 is 10.1 Å². The second kappa shape index (κ2) is 5.61. The van der Waals surface area contributed by atoms with E-state index in [0.717, 1.165) is 16.5 Å². The molecule has 0 unspecified atom stereocenters. The molecule has 1 heterocycles. The maximum atomic E-state index is 11.7. The molecule has 3 nitrogen and oxygen atoms in total. The van der Waals surface area contributed by atoms with E-state index in [1.54, 1.807) is 23.5 Å². The minimum Gasteiger partial charge on any atom is -0.425 e. The first-order valence-electron chi connectivity index (χ1n) is 4.96. The van der Waals surface area contributed by atoms with Gasteiger partial charge in [-0.25, -0.2) is 4.79 Å². The van der Waals surface area contributed by atoms with E-state index in [9.17, 15) is 4.79 Å². The molecule has 0 bridgehead atoms. The quantitative estimate of drug-likeness (QED) is 0.508. The predicted octanol–water partition coefficient (Wildman–Crippen LogP) is 1.98. The van der Waals surface area contributed by atoms with E-state index in [1.165, 1.54) is 0 Å². The lowest BCUT2D eigenvalue weighted by atomic mass is 10.3. The van der Waals surface area contributed by atoms with Crippen LogP contribution in [0.5, 0.6) is 5.75 Å². The Morgan fingerprint density at radius 2 is 2.25 bits per heavy atom. The van der Waals surface area contributed by atoms with E-state index >= 15 is 0 Å². The highest BCUT2D eigenvalue weighted by Gasteiger charge is 2.24. The van der Waals surface area contributed by atoms with Crippen molar-refractivity contribution in [3.8, 4) is 5.75 Å². The largest absolute Gasteiger partial charge is 0.425 e. The van der Waals surface area contributed by atoms with Gasteiger partial charge in [-0.1, -0.05) is 0 Å². The zero-order valence-electron chi connectivity index (χ0n) is 8.93. The lowest BCUT2D eigenvalue weighted by Crippen LogP contribution is -2.36. The van der Waals surface area contributed by atoms with Crippen LogP contribution in [0.3, 0.4) is 0 Å². The third-order valence-corrected chi connectivity index (χ3v) is 3.96. The molecule has 5 heteroatoms. The number of ether oxygens (including phenoxy) is 1. The Morgan fingerprint density at radius 1 is 1.50 bits per heavy atom. The van der Waals surface area contributed by atoms with Crippen molar-refractivity contribution in [1.29, 1.82) is 0 Å². The molecule has 0 radical (unpaired) electrons. The van der Waals surface area contributed by atoms with Crippen molar-refractivity contribution >= 4 is 29.5 Å². The molecular formula is C11H13NO2S2. The Kier molecular flexibility index (Phi) is 4.15. The average molecular weight is 255 g/mol. The molecule has 2 rings (SSSR count). The Balaban J connectivity index is 1.94. The summed E-state index contributed by atoms with van der Waals surface area (Å²) < 4.78 is 5.27. The Morgan fingerprint density at radius 3 is 2.81 bits per heavy atom. The van der Waals surface area contributed by atoms with Gasteiger partial charge in [-0.2, -0.15) is 0 Å². The molecule has 1 atom stereocenters. The van der Waals surface area contributed by atoms with Crippen LogP contribution in [0.25, 0.3) is 0 Å². The Hall–Kier alpha value is -0.650. The Labute approximate surface area is 103 Å². The number of benzene rings is 1. The summed E-state index contributed by atoms with van der Waals surface area (Å²) in [5, 5.41) is 3.08. The fraction of sp³-hybridized carbons (Fsp3) is 0.364. The van der Waals surface area contributed by atoms with Crippen molar-refractivity contribution in [1.82, 2.24) is 5.32 Å². The number of thioether (sulfide) groups is 2. The fourth-order valence-corrected chi connectivity index (χ4v) is 2.71. The molecule has 1 aromatic carbocycles. The van der Waals surface area contributed by atoms with E-state index in [4.69, 9.17) is 4.74 Å². The molecule has 86 valence electrons. The maximum absolute atomic E-state index is 11.7. The molecule has 1 aromatic rings. The summed E-state index contributed by atoms with van der Waals surface area (Å²) in [6.07, 6.45) is 2.01. The monoisotopic (exact) mass is 255 g/mol. The summed E-state index contributed by atoms with van der Waals surface area (Å²) in [5.41, 5.74) is 0. The van der Waals surface area contributed by atoms with Gasteiger partial charge in [0, 0.05) is 16.5 Å². The van der Waals surface area contributed by atoms with Crippen molar-refractivity contribution < 1.29 is 9.53 Å². The van der Waals surface area contributed by atoms with Crippen LogP contribution in [0.15, 0.2) is 29.2 Å². The fourth-order valence-electron chi connectivity index (χ4n) is 1.38. The zero-order chi connectivity index (χ0) is 11.4. The van der Waals surface area contributed by atoms with Gasteiger partial charge in [0.15, 0.2) is 0 Å². The molecule has 0 aliphatic carbocycles. The van der Waals surface area contributed by atoms with Crippen molar-refractivity contribution in [2.45, 2.75) is 10.9 Å². The maximum Gasteiger partial charge on any atom is 0.329 e. The summed E-state index contributed by atoms with van der Waals surface area (Å²) in [5.74, 6) is 2.04. The summed E-state index contributed by atoms with van der Waals surface area (Å²) in [6.45, 7) is 0. The third-order valence-electron chi connectivity index (χ3n) is 2.28. The van der Waals surface area contributed by atoms with Crippen LogP contribution >= 0.6 is 23.5 Å². The second-order valence-corrected chi connectivity index (χ2v) is 5.28. The minimum atomic E-state index is -0.193. The number of hydrogen-bond acceptors (Lipinski definition) is 5. The van der Waals surface area contributed by atoms with Gasteiger partial charge >= 0.3 is 5.97 Å². The lowest BCUT2D eigenvalue weighted by molar-refractivity contribution is -0.135. The first-order valence-corrected chi connectivity index (χ1v) is 7.34. The zero-order valence-corrected chi connectivity index (χ0v) is 10.6. The lowest BCUT2D eigenvalue weighted by Gasteiger charge is -2.09. The minimum absolute atomic E-state index is 0.162. The number of esters is 1. The molecule has 1 N–H and O–H groups in total. The molecule has 0 aromatic heterocycles. The van der Waals surface area contributed by atoms with Crippen molar-refractivity contribution in [2.24, 2.45) is 0 Å². The van der Waals surface area contributed by atoms with Gasteiger partial charge in [-0.3, -0.25) is 5.32 Å². The predicted molar refractivity (Wildman–Crippen MR) is 68.1 cm³/mol. The van der Waals surface area contributed by atoms with Crippen LogP contribution in [0, 0.1) is 0 Å². The van der Waals surface area contributed by atoms with Gasteiger partial charge < -0.3 is 4.74 Å². The van der Waals surface area contributed by atoms with E-state index in [1.807, 2.05) is 30.5 Å². The first kappa shape index (κ1) is 11.8. The van der Waals surface area contributed by atoms with Crippen molar-refractivity contribution in [3.05, 3.63) is 24.3 Å². The summed E-state index contributed by atoms with van der Waals surface area (Å²) in [7, 11) is 0. The average Bonchev–Trinajstić information content (AvgIpc) is 2.83. The van der Waals surface area contributed by atoms with Crippen molar-refractivity contribution in [3.63, 3.8) is 0 Å². The molecule has 1 saturated heterocycles. The van der Waals surface area contributed by atoms with Gasteiger partial charge in [-0.15, -0.1) is 23.5 Å². The van der Waals surface area contributed by atoms with E-state index in [0.29, 0.717) is 5.75 Å². The summed E-state index contributed by atoms with van der Waals surface area (Å²) in [4.78, 5) is 12.8. The van der Waals surface area contributed by atoms with Crippen LogP contribution in [-0.4, -0.2) is 29.9 Å². The van der Waals surface area contributed by atoms with E-state index in [-0.39, 0.29) is 12.0 Å². The number of carbonyl (C=O) groups is 1. The summed E-state index contributed by atoms with van der Waals surface area (Å²) in [6, 6.07) is 7.39. The van der Waals surface area contributed by atoms with Crippen LogP contribution in [0.1, 0.15) is 0 Å². The van der Waals surface area contributed by atoms with Gasteiger partial charge in [0.25, 0.3) is 0 Å². The molecular weight excluding hydrogens is 242 g/mol. The standard InChI is InChI=1S/C11H13NO2S2/c1-15-9-4-2-8(3-5-9)14-11(13)10-6-16-7-12-10/h2-5,10,12H,6-7H2,1H3/t10-/m0/s1. The number of nitrogens with one attached hydrogen (secondary N) is 1. The molecule has 16 heavy (non-hydrogen) atoms. The molecule has 0 saturated carbocycles. The smallest absolute Gasteiger partial charge is 0.329 e. The normalized spacial score (nSPS) is 19.7. The topological polar surface area (TPSA) is 38.3 Å². The highest BCUT2D eigenvalue weighted by atomic mass is 32.2. The third kappa shape index (κ3) is 2.93. The molecule has 1 aliphatic rings.